The van der Waals surface area contributed by atoms with E-state index in [-0.39, 0.29) is 290 Å². The normalized spacial score (nSPS) is 3.88. The molecule has 0 aliphatic rings. The quantitative estimate of drug-likeness (QED) is 0.301. The molecule has 0 saturated carbocycles. The van der Waals surface area contributed by atoms with Gasteiger partial charge in [-0.1, -0.05) is 0 Å². The van der Waals surface area contributed by atoms with E-state index >= 15 is 0 Å². The summed E-state index contributed by atoms with van der Waals surface area (Å²) in [4.78, 5) is 0. The topological polar surface area (TPSA) is 0 Å². The van der Waals surface area contributed by atoms with Gasteiger partial charge in [0.1, 0.15) is 0 Å². The van der Waals surface area contributed by atoms with Gasteiger partial charge in [0, 0.05) is 283 Å². The minimum Gasteiger partial charge on any atom is -0.358 e. The van der Waals surface area contributed by atoms with Crippen LogP contribution in [0.5, 0.6) is 0 Å². The Morgan fingerprint density at radius 1 is 0.588 bits per heavy atom. The fraction of sp³-hybridized carbons (Fsp3) is 0.500. The third-order valence-electron chi connectivity index (χ3n) is 0.816. The molecule has 0 nitrogen and oxygen atoms in total. The van der Waals surface area contributed by atoms with E-state index in [2.05, 4.69) is 20.3 Å². The summed E-state index contributed by atoms with van der Waals surface area (Å²) in [6.07, 6.45) is 6.59. The van der Waals surface area contributed by atoms with E-state index in [9.17, 15) is 0 Å². The maximum absolute atomic E-state index is 3.71. The van der Waals surface area contributed by atoms with Crippen LogP contribution >= 0.6 is 0 Å². The molecule has 17 heavy (non-hydrogen) atoms. The number of rotatable bonds is 4. The van der Waals surface area contributed by atoms with Crippen molar-refractivity contribution in [1.29, 1.82) is 0 Å². The molecule has 0 rings (SSSR count). The van der Waals surface area contributed by atoms with Crippen LogP contribution in [0.3, 0.4) is 0 Å². The van der Waals surface area contributed by atoms with E-state index < -0.39 is 0 Å². The maximum atomic E-state index is 3.71. The summed E-state index contributed by atoms with van der Waals surface area (Å²) in [7, 11) is 0. The van der Waals surface area contributed by atoms with Gasteiger partial charge in [-0.25, -0.2) is 25.7 Å². The van der Waals surface area contributed by atoms with Crippen LogP contribution in [0.1, 0.15) is 25.7 Å². The van der Waals surface area contributed by atoms with Crippen molar-refractivity contribution in [1.82, 2.24) is 0 Å². The molecule has 0 fully saturated rings. The molecular weight excluding hydrogens is 991 g/mol. The number of hydrogen-bond donors (Lipinski definition) is 0. The summed E-state index contributed by atoms with van der Waals surface area (Å²) in [5, 5.41) is 0. The molecule has 0 aliphatic heterocycles. The largest absolute Gasteiger partial charge is 0.358 e. The zero-order valence-electron chi connectivity index (χ0n) is 10.8. The van der Waals surface area contributed by atoms with Gasteiger partial charge in [-0.2, -0.15) is 0 Å². The van der Waals surface area contributed by atoms with Crippen molar-refractivity contribution in [2.45, 2.75) is 25.7 Å². The van der Waals surface area contributed by atoms with Crippen LogP contribution in [0.2, 0.25) is 0 Å². The Bertz CT molecular complexity index is 40.7. The van der Waals surface area contributed by atoms with Crippen molar-refractivity contribution in [2.75, 3.05) is 0 Å². The Balaban J connectivity index is -0.00000000400. The Labute approximate surface area is 326 Å². The van der Waals surface area contributed by atoms with E-state index in [1.54, 1.807) is 0 Å². The minimum absolute atomic E-state index is 0. The van der Waals surface area contributed by atoms with Gasteiger partial charge in [-0.05, 0) is 0 Å². The van der Waals surface area contributed by atoms with Crippen LogP contribution in [0.25, 0.3) is 0 Å². The first kappa shape index (κ1) is 71.7. The molecule has 82 valence electrons. The van der Waals surface area contributed by atoms with E-state index in [1.807, 2.05) is 0 Å². The van der Waals surface area contributed by atoms with E-state index in [0.717, 1.165) is 25.7 Å². The van der Waals surface area contributed by atoms with E-state index in [4.69, 9.17) is 0 Å². The second-order valence-corrected chi connectivity index (χ2v) is 1.57. The fourth-order valence-corrected chi connectivity index (χ4v) is 0.433. The molecule has 0 aromatic rings. The van der Waals surface area contributed by atoms with E-state index in [0.29, 0.717) is 0 Å². The molecule has 0 amide bonds. The summed E-state index contributed by atoms with van der Waals surface area (Å²) in [6.45, 7) is 7.41. The molecule has 0 spiro atoms. The molecule has 0 saturated heterocycles. The second-order valence-electron chi connectivity index (χ2n) is 1.57. The molecule has 9 heteroatoms. The van der Waals surface area contributed by atoms with Gasteiger partial charge >= 0.3 is 0 Å². The number of unbranched alkanes of at least 4 members (excludes halogenated alkanes) is 4. The van der Waals surface area contributed by atoms with Crippen LogP contribution in [-0.4, -0.2) is 0 Å². The summed E-state index contributed by atoms with van der Waals surface area (Å²) in [5.41, 5.74) is 0. The minimum atomic E-state index is 0. The Morgan fingerprint density at radius 3 is 0.882 bits per heavy atom. The molecule has 0 N–H and O–H groups in total. The molecule has 0 aromatic heterocycles. The van der Waals surface area contributed by atoms with E-state index in [1.165, 1.54) is 0 Å². The van der Waals surface area contributed by atoms with Gasteiger partial charge in [0.25, 0.3) is 0 Å². The molecule has 0 bridgehead atoms. The van der Waals surface area contributed by atoms with Gasteiger partial charge in [-0.3, -0.25) is 0 Å². The molecule has 0 atom stereocenters. The van der Waals surface area contributed by atoms with Crippen molar-refractivity contribution in [3.8, 4) is 0 Å². The fourth-order valence-electron chi connectivity index (χ4n) is 0.433. The summed E-state index contributed by atoms with van der Waals surface area (Å²) in [5.74, 6) is 0. The molecule has 0 aromatic carbocycles. The van der Waals surface area contributed by atoms with Gasteiger partial charge in [0.2, 0.25) is 0 Å². The molecular formula is C8H16WY8-4. The van der Waals surface area contributed by atoms with Crippen molar-refractivity contribution in [3.63, 3.8) is 0 Å². The smallest absolute Gasteiger partial charge is 0 e. The van der Waals surface area contributed by atoms with Gasteiger partial charge in [-0.15, -0.1) is 0 Å². The second kappa shape index (κ2) is 72.8. The third kappa shape index (κ3) is 77.2. The van der Waals surface area contributed by atoms with Crippen molar-refractivity contribution in [3.05, 3.63) is 27.7 Å². The standard InChI is InChI=1S/C7H13.CH3.W.8Y/c1-3-5-7-6-4-2;;;;;;;;;;/h7H,1-6H2;1H3;;;;;;;;;/q-3;-1;;;;;;;;;. The summed E-state index contributed by atoms with van der Waals surface area (Å²) in [6, 6.07) is 0. The van der Waals surface area contributed by atoms with Gasteiger partial charge in [0.15, 0.2) is 0 Å². The zero-order valence-corrected chi connectivity index (χ0v) is 36.5. The van der Waals surface area contributed by atoms with Crippen LogP contribution in [-0.2, 0) is 283 Å². The van der Waals surface area contributed by atoms with Crippen LogP contribution in [0, 0.1) is 27.7 Å². The zero-order chi connectivity index (χ0) is 5.54. The van der Waals surface area contributed by atoms with Crippen molar-refractivity contribution < 1.29 is 283 Å². The predicted molar refractivity (Wildman–Crippen MR) is 39.9 cm³/mol. The van der Waals surface area contributed by atoms with Crippen LogP contribution in [0.4, 0.5) is 0 Å². The molecule has 8 radical (unpaired) electrons. The average molecular weight is 1010 g/mol. The van der Waals surface area contributed by atoms with Crippen molar-refractivity contribution >= 4 is 0 Å². The van der Waals surface area contributed by atoms with Crippen LogP contribution in [0.15, 0.2) is 0 Å². The molecule has 0 unspecified atom stereocenters. The predicted octanol–water partition coefficient (Wildman–Crippen LogP) is 2.85. The molecule has 0 heterocycles. The molecule has 0 aliphatic carbocycles. The average Bonchev–Trinajstić information content (AvgIpc) is 1.69. The van der Waals surface area contributed by atoms with Gasteiger partial charge < -0.3 is 27.7 Å². The first-order valence-electron chi connectivity index (χ1n) is 2.82. The third-order valence-corrected chi connectivity index (χ3v) is 0.816. The first-order chi connectivity index (χ1) is 3.41. The Morgan fingerprint density at radius 2 is 0.765 bits per heavy atom. The van der Waals surface area contributed by atoms with Crippen molar-refractivity contribution in [2.24, 2.45) is 0 Å². The summed E-state index contributed by atoms with van der Waals surface area (Å²) >= 11 is 0. The Kier molecular flexibility index (Phi) is 307. The Hall–Kier alpha value is 9.52. The monoisotopic (exact) mass is 1010 g/mol. The van der Waals surface area contributed by atoms with Gasteiger partial charge in [0.05, 0.1) is 0 Å². The maximum Gasteiger partial charge on any atom is 0 e. The number of hydrogen-bond acceptors (Lipinski definition) is 0. The SMILES string of the molecule is [CH2-]CC[CH-]CC[CH2-].[CH3-].[W].[Y].[Y].[Y].[Y].[Y].[Y].[Y].[Y]. The van der Waals surface area contributed by atoms with Crippen LogP contribution < -0.4 is 0 Å². The summed E-state index contributed by atoms with van der Waals surface area (Å²) < 4.78 is 0. The first-order valence-corrected chi connectivity index (χ1v) is 2.82.